The molecule has 1 saturated carbocycles. The van der Waals surface area contributed by atoms with E-state index >= 15 is 0 Å². The fourth-order valence-electron chi connectivity index (χ4n) is 5.10. The number of ether oxygens (including phenoxy) is 1. The maximum Gasteiger partial charge on any atom is 0.139 e. The van der Waals surface area contributed by atoms with Crippen molar-refractivity contribution in [2.75, 3.05) is 33.3 Å². The van der Waals surface area contributed by atoms with Crippen molar-refractivity contribution in [1.29, 1.82) is 0 Å². The molecule has 3 fully saturated rings. The summed E-state index contributed by atoms with van der Waals surface area (Å²) in [5.41, 5.74) is 0.599. The van der Waals surface area contributed by atoms with E-state index in [9.17, 15) is 4.39 Å². The van der Waals surface area contributed by atoms with Gasteiger partial charge in [0.15, 0.2) is 0 Å². The summed E-state index contributed by atoms with van der Waals surface area (Å²) >= 11 is 0. The molecular formula is C19H35FN2O. The van der Waals surface area contributed by atoms with Gasteiger partial charge in [0, 0.05) is 32.3 Å². The average Bonchev–Trinajstić information content (AvgIpc) is 2.56. The topological polar surface area (TPSA) is 15.7 Å². The highest BCUT2D eigenvalue weighted by molar-refractivity contribution is 4.94. The van der Waals surface area contributed by atoms with Crippen LogP contribution >= 0.6 is 0 Å². The molecule has 2 atom stereocenters. The molecule has 0 aromatic carbocycles. The van der Waals surface area contributed by atoms with E-state index in [-0.39, 0.29) is 6.10 Å². The van der Waals surface area contributed by atoms with Gasteiger partial charge in [-0.15, -0.1) is 0 Å². The van der Waals surface area contributed by atoms with Gasteiger partial charge in [-0.25, -0.2) is 4.39 Å². The van der Waals surface area contributed by atoms with Crippen LogP contribution < -0.4 is 0 Å². The van der Waals surface area contributed by atoms with Crippen LogP contribution in [0.5, 0.6) is 0 Å². The van der Waals surface area contributed by atoms with Crippen LogP contribution in [0.15, 0.2) is 0 Å². The standard InChI is InChI=1S/C19H35FN2O/c1-15(2)21-12-9-19(10-13-21)7-4-16(5-8-19)22-11-6-18(23-3)17(20)14-22/h15-18H,4-14H2,1-3H3/t17-,18+/m0/s1. The summed E-state index contributed by atoms with van der Waals surface area (Å²) in [7, 11) is 1.64. The fraction of sp³-hybridized carbons (Fsp3) is 1.00. The van der Waals surface area contributed by atoms with Crippen molar-refractivity contribution in [2.45, 2.75) is 83.2 Å². The molecule has 3 aliphatic rings. The Balaban J connectivity index is 1.48. The van der Waals surface area contributed by atoms with Crippen molar-refractivity contribution in [3.63, 3.8) is 0 Å². The zero-order valence-corrected chi connectivity index (χ0v) is 15.3. The molecule has 1 aliphatic carbocycles. The number of hydrogen-bond donors (Lipinski definition) is 0. The van der Waals surface area contributed by atoms with Crippen molar-refractivity contribution >= 4 is 0 Å². The number of hydrogen-bond acceptors (Lipinski definition) is 3. The number of alkyl halides is 1. The smallest absolute Gasteiger partial charge is 0.139 e. The van der Waals surface area contributed by atoms with Crippen LogP contribution in [-0.2, 0) is 4.74 Å². The van der Waals surface area contributed by atoms with Crippen molar-refractivity contribution < 1.29 is 9.13 Å². The van der Waals surface area contributed by atoms with E-state index < -0.39 is 6.17 Å². The molecule has 2 heterocycles. The lowest BCUT2D eigenvalue weighted by Crippen LogP contribution is -2.52. The number of likely N-dealkylation sites (tertiary alicyclic amines) is 2. The highest BCUT2D eigenvalue weighted by Gasteiger charge is 2.41. The maximum atomic E-state index is 14.1. The molecule has 23 heavy (non-hydrogen) atoms. The fourth-order valence-corrected chi connectivity index (χ4v) is 5.10. The van der Waals surface area contributed by atoms with Crippen LogP contribution in [0.1, 0.15) is 58.8 Å². The third-order valence-corrected chi connectivity index (χ3v) is 6.94. The second-order valence-electron chi connectivity index (χ2n) is 8.43. The van der Waals surface area contributed by atoms with Crippen LogP contribution in [0.4, 0.5) is 4.39 Å². The monoisotopic (exact) mass is 326 g/mol. The van der Waals surface area contributed by atoms with Gasteiger partial charge in [-0.2, -0.15) is 0 Å². The zero-order chi connectivity index (χ0) is 16.4. The maximum absolute atomic E-state index is 14.1. The molecule has 0 bridgehead atoms. The Morgan fingerprint density at radius 1 is 1.00 bits per heavy atom. The molecule has 0 aromatic heterocycles. The van der Waals surface area contributed by atoms with Gasteiger partial charge in [-0.05, 0) is 77.3 Å². The van der Waals surface area contributed by atoms with Crippen LogP contribution in [-0.4, -0.2) is 67.4 Å². The van der Waals surface area contributed by atoms with Crippen LogP contribution in [0.3, 0.4) is 0 Å². The van der Waals surface area contributed by atoms with Crippen LogP contribution in [0.2, 0.25) is 0 Å². The molecular weight excluding hydrogens is 291 g/mol. The summed E-state index contributed by atoms with van der Waals surface area (Å²) in [4.78, 5) is 5.04. The van der Waals surface area contributed by atoms with Gasteiger partial charge < -0.3 is 9.64 Å². The van der Waals surface area contributed by atoms with Crippen molar-refractivity contribution in [2.24, 2.45) is 5.41 Å². The highest BCUT2D eigenvalue weighted by Crippen LogP contribution is 2.46. The first kappa shape index (κ1) is 17.6. The third-order valence-electron chi connectivity index (χ3n) is 6.94. The SMILES string of the molecule is CO[C@@H]1CCN(C2CCC3(CC2)CCN(C(C)C)CC3)C[C@@H]1F. The molecule has 2 aliphatic heterocycles. The predicted molar refractivity (Wildman–Crippen MR) is 92.5 cm³/mol. The summed E-state index contributed by atoms with van der Waals surface area (Å²) in [6.07, 6.45) is 7.85. The van der Waals surface area contributed by atoms with E-state index in [4.69, 9.17) is 4.74 Å². The van der Waals surface area contributed by atoms with Crippen LogP contribution in [0, 0.1) is 5.41 Å². The Morgan fingerprint density at radius 2 is 1.65 bits per heavy atom. The zero-order valence-electron chi connectivity index (χ0n) is 15.3. The van der Waals surface area contributed by atoms with Gasteiger partial charge >= 0.3 is 0 Å². The second-order valence-corrected chi connectivity index (χ2v) is 8.43. The molecule has 0 aromatic rings. The quantitative estimate of drug-likeness (QED) is 0.790. The number of methoxy groups -OCH3 is 1. The molecule has 0 radical (unpaired) electrons. The summed E-state index contributed by atoms with van der Waals surface area (Å²) in [5.74, 6) is 0. The van der Waals surface area contributed by atoms with Gasteiger partial charge in [0.05, 0.1) is 6.10 Å². The van der Waals surface area contributed by atoms with Gasteiger partial charge in [0.25, 0.3) is 0 Å². The summed E-state index contributed by atoms with van der Waals surface area (Å²) in [6.45, 7) is 8.76. The Morgan fingerprint density at radius 3 is 2.17 bits per heavy atom. The minimum absolute atomic E-state index is 0.179. The Bertz CT molecular complexity index is 372. The van der Waals surface area contributed by atoms with E-state index in [1.165, 1.54) is 51.6 Å². The summed E-state index contributed by atoms with van der Waals surface area (Å²) < 4.78 is 19.4. The Kier molecular flexibility index (Phi) is 5.64. The largest absolute Gasteiger partial charge is 0.378 e. The molecule has 0 amide bonds. The van der Waals surface area contributed by atoms with E-state index in [1.807, 2.05) is 0 Å². The Labute approximate surface area is 141 Å². The molecule has 0 N–H and O–H groups in total. The number of halogens is 1. The first-order valence-electron chi connectivity index (χ1n) is 9.68. The summed E-state index contributed by atoms with van der Waals surface area (Å²) in [5, 5.41) is 0. The van der Waals surface area contributed by atoms with Gasteiger partial charge in [0.2, 0.25) is 0 Å². The van der Waals surface area contributed by atoms with Crippen LogP contribution in [0.25, 0.3) is 0 Å². The molecule has 2 saturated heterocycles. The second kappa shape index (κ2) is 7.37. The molecule has 134 valence electrons. The van der Waals surface area contributed by atoms with E-state index in [1.54, 1.807) is 7.11 Å². The van der Waals surface area contributed by atoms with Crippen molar-refractivity contribution in [1.82, 2.24) is 9.80 Å². The molecule has 4 heteroatoms. The van der Waals surface area contributed by atoms with E-state index in [0.29, 0.717) is 24.0 Å². The lowest BCUT2D eigenvalue weighted by molar-refractivity contribution is -0.0468. The number of piperidine rings is 2. The summed E-state index contributed by atoms with van der Waals surface area (Å²) in [6, 6.07) is 1.30. The van der Waals surface area contributed by atoms with Gasteiger partial charge in [-0.1, -0.05) is 0 Å². The van der Waals surface area contributed by atoms with E-state index in [2.05, 4.69) is 23.6 Å². The molecule has 1 spiro atoms. The molecule has 3 nitrogen and oxygen atoms in total. The van der Waals surface area contributed by atoms with E-state index in [0.717, 1.165) is 13.0 Å². The number of rotatable bonds is 3. The molecule has 0 unspecified atom stereocenters. The minimum atomic E-state index is -0.807. The predicted octanol–water partition coefficient (Wildman–Crippen LogP) is 3.48. The lowest BCUT2D eigenvalue weighted by Gasteiger charge is -2.49. The highest BCUT2D eigenvalue weighted by atomic mass is 19.1. The number of nitrogens with zero attached hydrogens (tertiary/aromatic N) is 2. The van der Waals surface area contributed by atoms with Crippen molar-refractivity contribution in [3.05, 3.63) is 0 Å². The van der Waals surface area contributed by atoms with Gasteiger partial charge in [-0.3, -0.25) is 4.90 Å². The minimum Gasteiger partial charge on any atom is -0.378 e. The van der Waals surface area contributed by atoms with Crippen molar-refractivity contribution in [3.8, 4) is 0 Å². The average molecular weight is 327 g/mol. The van der Waals surface area contributed by atoms with Gasteiger partial charge in [0.1, 0.15) is 6.17 Å². The normalized spacial score (nSPS) is 34.3. The first-order valence-corrected chi connectivity index (χ1v) is 9.68. The molecule has 3 rings (SSSR count). The lowest BCUT2D eigenvalue weighted by atomic mass is 9.66. The third kappa shape index (κ3) is 3.91. The first-order chi connectivity index (χ1) is 11.0. The Hall–Kier alpha value is -0.190.